The number of rotatable bonds is 3. The maximum absolute atomic E-state index is 6.31. The molecule has 1 unspecified atom stereocenters. The monoisotopic (exact) mass is 363 g/mol. The molecule has 0 spiro atoms. The van der Waals surface area contributed by atoms with E-state index in [9.17, 15) is 0 Å². The first kappa shape index (κ1) is 12.7. The van der Waals surface area contributed by atoms with Gasteiger partial charge in [-0.2, -0.15) is 0 Å². The van der Waals surface area contributed by atoms with Crippen LogP contribution in [-0.2, 0) is 6.42 Å². The van der Waals surface area contributed by atoms with Crippen molar-refractivity contribution in [2.75, 3.05) is 0 Å². The zero-order chi connectivity index (χ0) is 13.2. The Morgan fingerprint density at radius 3 is 2.58 bits per heavy atom. The fourth-order valence-electron chi connectivity index (χ4n) is 2.27. The summed E-state index contributed by atoms with van der Waals surface area (Å²) in [6.07, 6.45) is 2.60. The number of nitrogens with two attached hydrogens (primary N) is 1. The topological polar surface area (TPSA) is 39.2 Å². The number of fused-ring (bicyclic) bond motifs is 1. The Morgan fingerprint density at radius 2 is 1.79 bits per heavy atom. The van der Waals surface area contributed by atoms with Crippen molar-refractivity contribution < 1.29 is 4.42 Å². The minimum absolute atomic E-state index is 0.0382. The Labute approximate surface area is 125 Å². The molecule has 3 aromatic rings. The lowest BCUT2D eigenvalue weighted by Gasteiger charge is -2.10. The van der Waals surface area contributed by atoms with E-state index in [1.807, 2.05) is 18.2 Å². The minimum atomic E-state index is -0.0382. The molecule has 0 fully saturated rings. The molecule has 2 N–H and O–H groups in total. The number of halogens is 1. The van der Waals surface area contributed by atoms with Gasteiger partial charge in [0.15, 0.2) is 0 Å². The summed E-state index contributed by atoms with van der Waals surface area (Å²) in [5.74, 6) is 0. The number of hydrogen-bond acceptors (Lipinski definition) is 2. The molecule has 1 atom stereocenters. The average Bonchev–Trinajstić information content (AvgIpc) is 2.85. The molecule has 0 amide bonds. The van der Waals surface area contributed by atoms with Gasteiger partial charge in [-0.1, -0.05) is 30.3 Å². The van der Waals surface area contributed by atoms with Gasteiger partial charge in [-0.15, -0.1) is 0 Å². The average molecular weight is 363 g/mol. The first-order chi connectivity index (χ1) is 9.24. The lowest BCUT2D eigenvalue weighted by Crippen LogP contribution is -2.12. The maximum Gasteiger partial charge on any atom is 0.134 e. The van der Waals surface area contributed by atoms with E-state index in [1.165, 1.54) is 9.13 Å². The molecule has 2 nitrogen and oxygen atoms in total. The molecule has 1 heterocycles. The molecule has 96 valence electrons. The second-order valence-electron chi connectivity index (χ2n) is 4.62. The van der Waals surface area contributed by atoms with Crippen molar-refractivity contribution in [3.63, 3.8) is 0 Å². The number of benzene rings is 2. The van der Waals surface area contributed by atoms with Crippen molar-refractivity contribution in [2.24, 2.45) is 5.73 Å². The fourth-order valence-corrected chi connectivity index (χ4v) is 2.63. The van der Waals surface area contributed by atoms with E-state index >= 15 is 0 Å². The van der Waals surface area contributed by atoms with Crippen LogP contribution >= 0.6 is 22.6 Å². The van der Waals surface area contributed by atoms with Gasteiger partial charge in [-0.25, -0.2) is 0 Å². The number of hydrogen-bond donors (Lipinski definition) is 1. The number of para-hydroxylation sites is 1. The van der Waals surface area contributed by atoms with Gasteiger partial charge in [0, 0.05) is 20.6 Å². The second-order valence-corrected chi connectivity index (χ2v) is 5.87. The zero-order valence-electron chi connectivity index (χ0n) is 10.3. The molecule has 19 heavy (non-hydrogen) atoms. The van der Waals surface area contributed by atoms with Gasteiger partial charge in [-0.05, 0) is 52.8 Å². The minimum Gasteiger partial charge on any atom is -0.464 e. The first-order valence-corrected chi connectivity index (χ1v) is 7.28. The van der Waals surface area contributed by atoms with Gasteiger partial charge in [0.05, 0.1) is 6.26 Å². The van der Waals surface area contributed by atoms with Crippen LogP contribution in [0.2, 0.25) is 0 Å². The van der Waals surface area contributed by atoms with Crippen molar-refractivity contribution >= 4 is 33.6 Å². The van der Waals surface area contributed by atoms with Gasteiger partial charge < -0.3 is 10.2 Å². The van der Waals surface area contributed by atoms with Gasteiger partial charge in [0.1, 0.15) is 5.58 Å². The summed E-state index contributed by atoms with van der Waals surface area (Å²) < 4.78 is 6.79. The van der Waals surface area contributed by atoms with E-state index in [0.717, 1.165) is 23.0 Å². The largest absolute Gasteiger partial charge is 0.464 e. The Morgan fingerprint density at radius 1 is 1.05 bits per heavy atom. The highest BCUT2D eigenvalue weighted by Gasteiger charge is 2.13. The molecule has 0 saturated heterocycles. The van der Waals surface area contributed by atoms with E-state index < -0.39 is 0 Å². The lowest BCUT2D eigenvalue weighted by molar-refractivity contribution is 0.599. The fraction of sp³-hybridized carbons (Fsp3) is 0.125. The molecule has 3 rings (SSSR count). The summed E-state index contributed by atoms with van der Waals surface area (Å²) >= 11 is 2.31. The third kappa shape index (κ3) is 2.67. The lowest BCUT2D eigenvalue weighted by atomic mass is 9.99. The second kappa shape index (κ2) is 5.35. The summed E-state index contributed by atoms with van der Waals surface area (Å²) in [7, 11) is 0. The normalized spacial score (nSPS) is 12.7. The predicted octanol–water partition coefficient (Wildman–Crippen LogP) is 4.28. The molecule has 0 aliphatic carbocycles. The summed E-state index contributed by atoms with van der Waals surface area (Å²) in [6.45, 7) is 0. The summed E-state index contributed by atoms with van der Waals surface area (Å²) in [5, 5.41) is 1.11. The van der Waals surface area contributed by atoms with Crippen LogP contribution in [-0.4, -0.2) is 0 Å². The van der Waals surface area contributed by atoms with Gasteiger partial charge >= 0.3 is 0 Å². The molecule has 0 saturated carbocycles. The van der Waals surface area contributed by atoms with Crippen LogP contribution in [0.4, 0.5) is 0 Å². The molecule has 0 aliphatic rings. The molecule has 1 aromatic heterocycles. The Balaban J connectivity index is 1.87. The van der Waals surface area contributed by atoms with Crippen LogP contribution in [0, 0.1) is 3.57 Å². The quantitative estimate of drug-likeness (QED) is 0.706. The Hall–Kier alpha value is -1.33. The van der Waals surface area contributed by atoms with E-state index in [4.69, 9.17) is 10.2 Å². The summed E-state index contributed by atoms with van der Waals surface area (Å²) in [4.78, 5) is 0. The maximum atomic E-state index is 6.31. The van der Waals surface area contributed by atoms with E-state index in [0.29, 0.717) is 0 Å². The zero-order valence-corrected chi connectivity index (χ0v) is 12.5. The van der Waals surface area contributed by atoms with Crippen molar-refractivity contribution in [2.45, 2.75) is 12.5 Å². The van der Waals surface area contributed by atoms with Crippen LogP contribution in [0.25, 0.3) is 11.0 Å². The van der Waals surface area contributed by atoms with Gasteiger partial charge in [0.25, 0.3) is 0 Å². The first-order valence-electron chi connectivity index (χ1n) is 6.20. The van der Waals surface area contributed by atoms with Crippen molar-refractivity contribution in [1.82, 2.24) is 0 Å². The highest BCUT2D eigenvalue weighted by Crippen LogP contribution is 2.27. The van der Waals surface area contributed by atoms with Crippen LogP contribution in [0.15, 0.2) is 59.2 Å². The molecule has 0 bridgehead atoms. The predicted molar refractivity (Wildman–Crippen MR) is 86.0 cm³/mol. The van der Waals surface area contributed by atoms with Gasteiger partial charge in [0.2, 0.25) is 0 Å². The third-order valence-corrected chi connectivity index (χ3v) is 4.00. The molecular formula is C16H14INO. The molecule has 3 heteroatoms. The van der Waals surface area contributed by atoms with Crippen molar-refractivity contribution in [3.8, 4) is 0 Å². The standard InChI is InChI=1S/C16H14INO/c17-12-7-5-11(6-8-12)9-15(18)14-10-19-16-4-2-1-3-13(14)16/h1-8,10,15H,9,18H2. The van der Waals surface area contributed by atoms with Crippen LogP contribution in [0.3, 0.4) is 0 Å². The molecule has 2 aromatic carbocycles. The smallest absolute Gasteiger partial charge is 0.134 e. The molecule has 0 aliphatic heterocycles. The Bertz CT molecular complexity index is 687. The SMILES string of the molecule is NC(Cc1ccc(I)cc1)c1coc2ccccc12. The number of furan rings is 1. The van der Waals surface area contributed by atoms with Crippen molar-refractivity contribution in [3.05, 3.63) is 69.5 Å². The van der Waals surface area contributed by atoms with E-state index in [-0.39, 0.29) is 6.04 Å². The Kier molecular flexibility index (Phi) is 3.57. The molecular weight excluding hydrogens is 349 g/mol. The van der Waals surface area contributed by atoms with E-state index in [1.54, 1.807) is 6.26 Å². The highest BCUT2D eigenvalue weighted by atomic mass is 127. The van der Waals surface area contributed by atoms with E-state index in [2.05, 4.69) is 52.9 Å². The third-order valence-electron chi connectivity index (χ3n) is 3.28. The van der Waals surface area contributed by atoms with Crippen LogP contribution in [0.1, 0.15) is 17.2 Å². The highest BCUT2D eigenvalue weighted by molar-refractivity contribution is 14.1. The summed E-state index contributed by atoms with van der Waals surface area (Å²) in [6, 6.07) is 16.4. The van der Waals surface area contributed by atoms with Crippen LogP contribution in [0.5, 0.6) is 0 Å². The van der Waals surface area contributed by atoms with Crippen molar-refractivity contribution in [1.29, 1.82) is 0 Å². The summed E-state index contributed by atoms with van der Waals surface area (Å²) in [5.41, 5.74) is 9.54. The molecule has 0 radical (unpaired) electrons. The van der Waals surface area contributed by atoms with Crippen LogP contribution < -0.4 is 5.73 Å². The van der Waals surface area contributed by atoms with Gasteiger partial charge in [-0.3, -0.25) is 0 Å².